The molecule has 1 N–H and O–H groups in total. The van der Waals surface area contributed by atoms with E-state index in [1.165, 1.54) is 5.69 Å². The minimum absolute atomic E-state index is 0.169. The standard InChI is InChI=1S/C32H35N5O3S/c1-21-19-26(22(2)36(21)24-10-8-23(9-11-24)35-15-17-40-18-16-35)31-30(27-7-5-6-14-33-27)34-32(41)37(31)28-20-25(38-3)12-13-29(28)39-4/h5-14,19-20,30-31H,15-18H2,1-4H3,(H,34,41)/t30-,31+/m0/s1. The molecule has 41 heavy (non-hydrogen) atoms. The van der Waals surface area contributed by atoms with Crippen LogP contribution >= 0.6 is 12.2 Å². The lowest BCUT2D eigenvalue weighted by molar-refractivity contribution is 0.122. The fourth-order valence-corrected chi connectivity index (χ4v) is 6.37. The van der Waals surface area contributed by atoms with E-state index in [1.807, 2.05) is 42.6 Å². The highest BCUT2D eigenvalue weighted by Gasteiger charge is 2.43. The molecular formula is C32H35N5O3S. The van der Waals surface area contributed by atoms with Gasteiger partial charge in [0.15, 0.2) is 5.11 Å². The molecule has 0 unspecified atom stereocenters. The van der Waals surface area contributed by atoms with Crippen molar-refractivity contribution in [3.8, 4) is 17.2 Å². The number of thiocarbonyl (C=S) groups is 1. The number of nitrogens with zero attached hydrogens (tertiary/aromatic N) is 4. The maximum atomic E-state index is 5.99. The van der Waals surface area contributed by atoms with Crippen LogP contribution in [0.5, 0.6) is 11.5 Å². The van der Waals surface area contributed by atoms with E-state index in [4.69, 9.17) is 31.4 Å². The quantitative estimate of drug-likeness (QED) is 0.292. The summed E-state index contributed by atoms with van der Waals surface area (Å²) in [4.78, 5) is 9.24. The van der Waals surface area contributed by atoms with E-state index in [0.717, 1.165) is 66.1 Å². The Morgan fingerprint density at radius 1 is 0.927 bits per heavy atom. The molecule has 2 aliphatic heterocycles. The van der Waals surface area contributed by atoms with E-state index >= 15 is 0 Å². The molecular weight excluding hydrogens is 534 g/mol. The average molecular weight is 570 g/mol. The van der Waals surface area contributed by atoms with E-state index in [-0.39, 0.29) is 12.1 Å². The molecule has 0 amide bonds. The Morgan fingerprint density at radius 3 is 2.37 bits per heavy atom. The molecule has 9 heteroatoms. The molecule has 4 heterocycles. The van der Waals surface area contributed by atoms with Gasteiger partial charge in [0.1, 0.15) is 11.5 Å². The van der Waals surface area contributed by atoms with Crippen LogP contribution < -0.4 is 24.6 Å². The largest absolute Gasteiger partial charge is 0.497 e. The zero-order valence-electron chi connectivity index (χ0n) is 23.8. The molecule has 8 nitrogen and oxygen atoms in total. The van der Waals surface area contributed by atoms with Crippen LogP contribution in [0.3, 0.4) is 0 Å². The summed E-state index contributed by atoms with van der Waals surface area (Å²) in [6.45, 7) is 7.69. The summed E-state index contributed by atoms with van der Waals surface area (Å²) in [5.41, 5.74) is 7.55. The Morgan fingerprint density at radius 2 is 1.68 bits per heavy atom. The second kappa shape index (κ2) is 11.4. The number of ether oxygens (including phenoxy) is 3. The van der Waals surface area contributed by atoms with Gasteiger partial charge < -0.3 is 33.9 Å². The number of hydrogen-bond donors (Lipinski definition) is 1. The molecule has 2 aliphatic rings. The minimum Gasteiger partial charge on any atom is -0.497 e. The Balaban J connectivity index is 1.45. The van der Waals surface area contributed by atoms with Gasteiger partial charge in [-0.3, -0.25) is 4.98 Å². The summed E-state index contributed by atoms with van der Waals surface area (Å²) < 4.78 is 19.2. The molecule has 6 rings (SSSR count). The molecule has 2 atom stereocenters. The van der Waals surface area contributed by atoms with Crippen molar-refractivity contribution in [2.24, 2.45) is 0 Å². The third-order valence-corrected chi connectivity index (χ3v) is 8.33. The van der Waals surface area contributed by atoms with Gasteiger partial charge in [0.05, 0.1) is 50.9 Å². The maximum Gasteiger partial charge on any atom is 0.174 e. The molecule has 0 saturated carbocycles. The third-order valence-electron chi connectivity index (χ3n) is 8.02. The first-order chi connectivity index (χ1) is 20.0. The highest BCUT2D eigenvalue weighted by atomic mass is 32.1. The summed E-state index contributed by atoms with van der Waals surface area (Å²) in [5.74, 6) is 1.45. The number of hydrogen-bond acceptors (Lipinski definition) is 6. The topological polar surface area (TPSA) is 64.0 Å². The van der Waals surface area contributed by atoms with Crippen LogP contribution in [0.1, 0.15) is 34.7 Å². The first-order valence-corrected chi connectivity index (χ1v) is 14.3. The Labute approximate surface area is 246 Å². The highest BCUT2D eigenvalue weighted by Crippen LogP contribution is 2.47. The monoisotopic (exact) mass is 569 g/mol. The number of methoxy groups -OCH3 is 2. The van der Waals surface area contributed by atoms with Crippen molar-refractivity contribution in [2.45, 2.75) is 25.9 Å². The van der Waals surface area contributed by atoms with Crippen LogP contribution in [0.25, 0.3) is 5.69 Å². The zero-order chi connectivity index (χ0) is 28.5. The van der Waals surface area contributed by atoms with E-state index in [0.29, 0.717) is 10.9 Å². The number of morpholine rings is 1. The van der Waals surface area contributed by atoms with E-state index in [2.05, 4.69) is 63.9 Å². The van der Waals surface area contributed by atoms with Gasteiger partial charge in [-0.25, -0.2) is 0 Å². The van der Waals surface area contributed by atoms with Crippen molar-refractivity contribution < 1.29 is 14.2 Å². The van der Waals surface area contributed by atoms with E-state index < -0.39 is 0 Å². The predicted molar refractivity (Wildman–Crippen MR) is 166 cm³/mol. The summed E-state index contributed by atoms with van der Waals surface area (Å²) in [5, 5.41) is 4.18. The lowest BCUT2D eigenvalue weighted by Gasteiger charge is -2.29. The molecule has 4 aromatic rings. The number of rotatable bonds is 7. The smallest absolute Gasteiger partial charge is 0.174 e. The van der Waals surface area contributed by atoms with Crippen molar-refractivity contribution in [1.82, 2.24) is 14.9 Å². The lowest BCUT2D eigenvalue weighted by Crippen LogP contribution is -2.36. The Kier molecular flexibility index (Phi) is 7.55. The lowest BCUT2D eigenvalue weighted by atomic mass is 9.96. The summed E-state index contributed by atoms with van der Waals surface area (Å²) in [6, 6.07) is 22.5. The molecule has 0 aliphatic carbocycles. The summed E-state index contributed by atoms with van der Waals surface area (Å²) in [6.07, 6.45) is 1.82. The van der Waals surface area contributed by atoms with Crippen LogP contribution in [0, 0.1) is 13.8 Å². The van der Waals surface area contributed by atoms with E-state index in [1.54, 1.807) is 14.2 Å². The molecule has 2 fully saturated rings. The molecule has 0 bridgehead atoms. The minimum atomic E-state index is -0.175. The molecule has 2 saturated heterocycles. The second-order valence-electron chi connectivity index (χ2n) is 10.3. The SMILES string of the molecule is COc1ccc(OC)c(N2C(=S)N[C@@H](c3ccccn3)[C@H]2c2cc(C)n(-c3ccc(N4CCOCC4)cc3)c2C)c1. The highest BCUT2D eigenvalue weighted by molar-refractivity contribution is 7.80. The first kappa shape index (κ1) is 27.1. The summed E-state index contributed by atoms with van der Waals surface area (Å²) >= 11 is 5.99. The van der Waals surface area contributed by atoms with Gasteiger partial charge in [-0.05, 0) is 86.2 Å². The van der Waals surface area contributed by atoms with Crippen molar-refractivity contribution >= 4 is 28.7 Å². The Hall–Kier alpha value is -4.08. The normalized spacial score (nSPS) is 18.9. The first-order valence-electron chi connectivity index (χ1n) is 13.8. The Bertz CT molecular complexity index is 1530. The number of pyridine rings is 1. The molecule has 212 valence electrons. The van der Waals surface area contributed by atoms with Crippen LogP contribution in [0.2, 0.25) is 0 Å². The van der Waals surface area contributed by atoms with Crippen molar-refractivity contribution in [2.75, 3.05) is 50.3 Å². The fourth-order valence-electron chi connectivity index (χ4n) is 6.03. The number of anilines is 2. The number of aromatic nitrogens is 2. The average Bonchev–Trinajstić information content (AvgIpc) is 3.52. The van der Waals surface area contributed by atoms with Gasteiger partial charge >= 0.3 is 0 Å². The maximum absolute atomic E-state index is 5.99. The third kappa shape index (κ3) is 5.00. The van der Waals surface area contributed by atoms with Crippen LogP contribution in [0.15, 0.2) is 72.9 Å². The predicted octanol–water partition coefficient (Wildman–Crippen LogP) is 5.52. The van der Waals surface area contributed by atoms with Crippen LogP contribution in [0.4, 0.5) is 11.4 Å². The number of aryl methyl sites for hydroxylation is 1. The van der Waals surface area contributed by atoms with Crippen molar-refractivity contribution in [3.05, 3.63) is 95.6 Å². The van der Waals surface area contributed by atoms with Crippen molar-refractivity contribution in [3.63, 3.8) is 0 Å². The van der Waals surface area contributed by atoms with Crippen LogP contribution in [-0.2, 0) is 4.74 Å². The molecule has 0 spiro atoms. The number of benzene rings is 2. The zero-order valence-corrected chi connectivity index (χ0v) is 24.6. The van der Waals surface area contributed by atoms with Crippen LogP contribution in [-0.4, -0.2) is 55.2 Å². The van der Waals surface area contributed by atoms with Gasteiger partial charge in [-0.2, -0.15) is 0 Å². The van der Waals surface area contributed by atoms with Gasteiger partial charge in [-0.1, -0.05) is 6.07 Å². The molecule has 2 aromatic heterocycles. The van der Waals surface area contributed by atoms with Gasteiger partial charge in [-0.15, -0.1) is 0 Å². The molecule has 0 radical (unpaired) electrons. The van der Waals surface area contributed by atoms with Gasteiger partial charge in [0.25, 0.3) is 0 Å². The number of nitrogens with one attached hydrogen (secondary N) is 1. The van der Waals surface area contributed by atoms with Gasteiger partial charge in [0.2, 0.25) is 0 Å². The second-order valence-corrected chi connectivity index (χ2v) is 10.7. The van der Waals surface area contributed by atoms with Crippen molar-refractivity contribution in [1.29, 1.82) is 0 Å². The molecule has 2 aromatic carbocycles. The van der Waals surface area contributed by atoms with E-state index in [9.17, 15) is 0 Å². The fraction of sp³-hybridized carbons (Fsp3) is 0.312. The summed E-state index contributed by atoms with van der Waals surface area (Å²) in [7, 11) is 3.34. The van der Waals surface area contributed by atoms with Gasteiger partial charge in [0, 0.05) is 48.1 Å².